The summed E-state index contributed by atoms with van der Waals surface area (Å²) in [6.45, 7) is 7.71. The molecular weight excluding hydrogens is 411 g/mol. The fourth-order valence-electron chi connectivity index (χ4n) is 1.66. The van der Waals surface area contributed by atoms with Crippen LogP contribution >= 0.6 is 35.3 Å². The lowest BCUT2D eigenvalue weighted by molar-refractivity contribution is -0.125. The predicted octanol–water partition coefficient (Wildman–Crippen LogP) is 2.32. The van der Waals surface area contributed by atoms with Gasteiger partial charge in [-0.15, -0.1) is 35.3 Å². The first-order chi connectivity index (χ1) is 9.86. The smallest absolute Gasteiger partial charge is 0.224 e. The maximum atomic E-state index is 11.4. The van der Waals surface area contributed by atoms with Gasteiger partial charge in [0.15, 0.2) is 5.96 Å². The highest BCUT2D eigenvalue weighted by Crippen LogP contribution is 2.14. The van der Waals surface area contributed by atoms with E-state index >= 15 is 0 Å². The number of nitrogens with one attached hydrogen (secondary N) is 1. The molecule has 0 saturated heterocycles. The largest absolute Gasteiger partial charge is 0.369 e. The molecule has 0 aromatic carbocycles. The van der Waals surface area contributed by atoms with Crippen molar-refractivity contribution in [3.05, 3.63) is 22.4 Å². The second-order valence-electron chi connectivity index (χ2n) is 5.67. The van der Waals surface area contributed by atoms with Crippen molar-refractivity contribution in [1.82, 2.24) is 10.2 Å². The molecule has 126 valence electrons. The number of carbonyl (C=O) groups excluding carboxylic acids is 1. The molecule has 0 saturated carbocycles. The molecule has 0 fully saturated rings. The molecule has 0 radical (unpaired) electrons. The maximum Gasteiger partial charge on any atom is 0.224 e. The van der Waals surface area contributed by atoms with E-state index in [0.29, 0.717) is 6.54 Å². The van der Waals surface area contributed by atoms with Gasteiger partial charge in [-0.2, -0.15) is 0 Å². The van der Waals surface area contributed by atoms with Gasteiger partial charge in [0.1, 0.15) is 0 Å². The van der Waals surface area contributed by atoms with Crippen LogP contribution in [0.2, 0.25) is 0 Å². The molecule has 5 nitrogen and oxygen atoms in total. The molecule has 1 aromatic rings. The number of rotatable bonds is 7. The van der Waals surface area contributed by atoms with E-state index in [1.807, 2.05) is 27.8 Å². The van der Waals surface area contributed by atoms with E-state index in [-0.39, 0.29) is 29.9 Å². The summed E-state index contributed by atoms with van der Waals surface area (Å²) in [6, 6.07) is 4.20. The average Bonchev–Trinajstić information content (AvgIpc) is 2.93. The lowest BCUT2D eigenvalue weighted by atomic mass is 9.93. The Hall–Kier alpha value is -0.830. The molecule has 0 spiro atoms. The first kappa shape index (κ1) is 21.2. The molecule has 7 heteroatoms. The number of primary amides is 1. The van der Waals surface area contributed by atoms with E-state index in [0.717, 1.165) is 25.5 Å². The van der Waals surface area contributed by atoms with E-state index in [2.05, 4.69) is 32.7 Å². The Morgan fingerprint density at radius 2 is 2.18 bits per heavy atom. The highest BCUT2D eigenvalue weighted by Gasteiger charge is 2.24. The van der Waals surface area contributed by atoms with Crippen LogP contribution in [0.3, 0.4) is 0 Å². The van der Waals surface area contributed by atoms with E-state index in [1.54, 1.807) is 11.3 Å². The number of hydrogen-bond acceptors (Lipinski definition) is 3. The average molecular weight is 438 g/mol. The Bertz CT molecular complexity index is 474. The fraction of sp³-hybridized carbons (Fsp3) is 0.600. The zero-order valence-electron chi connectivity index (χ0n) is 13.8. The van der Waals surface area contributed by atoms with Crippen molar-refractivity contribution < 1.29 is 4.79 Å². The minimum Gasteiger partial charge on any atom is -0.369 e. The minimum atomic E-state index is -0.630. The van der Waals surface area contributed by atoms with Gasteiger partial charge in [0.05, 0.1) is 12.0 Å². The van der Waals surface area contributed by atoms with Gasteiger partial charge in [0.25, 0.3) is 0 Å². The summed E-state index contributed by atoms with van der Waals surface area (Å²) in [4.78, 5) is 19.3. The van der Waals surface area contributed by atoms with Gasteiger partial charge in [-0.1, -0.05) is 6.07 Å². The number of nitrogens with two attached hydrogens (primary N) is 1. The second kappa shape index (κ2) is 10.0. The highest BCUT2D eigenvalue weighted by molar-refractivity contribution is 14.0. The van der Waals surface area contributed by atoms with Crippen molar-refractivity contribution in [1.29, 1.82) is 0 Å². The molecule has 1 amide bonds. The first-order valence-corrected chi connectivity index (χ1v) is 8.06. The summed E-state index contributed by atoms with van der Waals surface area (Å²) in [6.07, 6.45) is 0.984. The van der Waals surface area contributed by atoms with Gasteiger partial charge in [-0.3, -0.25) is 9.79 Å². The molecule has 1 heterocycles. The van der Waals surface area contributed by atoms with Crippen LogP contribution in [0.25, 0.3) is 0 Å². The van der Waals surface area contributed by atoms with Gasteiger partial charge in [0.2, 0.25) is 5.91 Å². The van der Waals surface area contributed by atoms with Crippen LogP contribution in [0.5, 0.6) is 0 Å². The molecular formula is C15H27IN4OS. The summed E-state index contributed by atoms with van der Waals surface area (Å²) < 4.78 is 0. The SMILES string of the molecule is CCNC(=NCC(C)(C)C(N)=O)N(C)CCc1cccs1.I. The van der Waals surface area contributed by atoms with Crippen LogP contribution in [0.1, 0.15) is 25.6 Å². The van der Waals surface area contributed by atoms with Crippen molar-refractivity contribution in [3.63, 3.8) is 0 Å². The Morgan fingerprint density at radius 1 is 1.50 bits per heavy atom. The fourth-order valence-corrected chi connectivity index (χ4v) is 2.36. The zero-order chi connectivity index (χ0) is 15.9. The lowest BCUT2D eigenvalue weighted by Crippen LogP contribution is -2.41. The number of amides is 1. The number of guanidine groups is 1. The van der Waals surface area contributed by atoms with Crippen molar-refractivity contribution in [2.45, 2.75) is 27.2 Å². The molecule has 1 aromatic heterocycles. The number of carbonyl (C=O) groups is 1. The number of likely N-dealkylation sites (N-methyl/N-ethyl adjacent to an activating group) is 1. The Morgan fingerprint density at radius 3 is 2.68 bits per heavy atom. The molecule has 0 aliphatic rings. The number of nitrogens with zero attached hydrogens (tertiary/aromatic N) is 2. The van der Waals surface area contributed by atoms with Crippen LogP contribution in [-0.2, 0) is 11.2 Å². The van der Waals surface area contributed by atoms with Crippen molar-refractivity contribution in [2.24, 2.45) is 16.1 Å². The molecule has 3 N–H and O–H groups in total. The summed E-state index contributed by atoms with van der Waals surface area (Å²) in [5, 5.41) is 5.34. The van der Waals surface area contributed by atoms with Crippen molar-refractivity contribution >= 4 is 47.2 Å². The molecule has 22 heavy (non-hydrogen) atoms. The first-order valence-electron chi connectivity index (χ1n) is 7.18. The standard InChI is InChI=1S/C15H26N4OS.HI/c1-5-17-14(18-11-15(2,3)13(16)20)19(4)9-8-12-7-6-10-21-12;/h6-7,10H,5,8-9,11H2,1-4H3,(H2,16,20)(H,17,18);1H. The predicted molar refractivity (Wildman–Crippen MR) is 105 cm³/mol. The van der Waals surface area contributed by atoms with Gasteiger partial charge in [-0.25, -0.2) is 0 Å². The molecule has 0 aliphatic heterocycles. The second-order valence-corrected chi connectivity index (χ2v) is 6.70. The van der Waals surface area contributed by atoms with Gasteiger partial charge in [0, 0.05) is 25.0 Å². The summed E-state index contributed by atoms with van der Waals surface area (Å²) in [7, 11) is 2.01. The van der Waals surface area contributed by atoms with Crippen molar-refractivity contribution in [3.8, 4) is 0 Å². The summed E-state index contributed by atoms with van der Waals surface area (Å²) in [5.74, 6) is 0.478. The van der Waals surface area contributed by atoms with Gasteiger partial charge >= 0.3 is 0 Å². The molecule has 1 rings (SSSR count). The van der Waals surface area contributed by atoms with E-state index in [4.69, 9.17) is 5.73 Å². The third-order valence-corrected chi connectivity index (χ3v) is 4.20. The molecule has 0 atom stereocenters. The van der Waals surface area contributed by atoms with Gasteiger partial charge in [-0.05, 0) is 38.6 Å². The van der Waals surface area contributed by atoms with Gasteiger partial charge < -0.3 is 16.0 Å². The maximum absolute atomic E-state index is 11.4. The van der Waals surface area contributed by atoms with Crippen LogP contribution < -0.4 is 11.1 Å². The number of thiophene rings is 1. The third-order valence-electron chi connectivity index (χ3n) is 3.26. The topological polar surface area (TPSA) is 70.7 Å². The highest BCUT2D eigenvalue weighted by atomic mass is 127. The van der Waals surface area contributed by atoms with E-state index in [9.17, 15) is 4.79 Å². The monoisotopic (exact) mass is 438 g/mol. The quantitative estimate of drug-likeness (QED) is 0.390. The third kappa shape index (κ3) is 6.95. The Balaban J connectivity index is 0.00000441. The molecule has 0 bridgehead atoms. The Kier molecular flexibility index (Phi) is 9.66. The van der Waals surface area contributed by atoms with Crippen LogP contribution in [-0.4, -0.2) is 43.4 Å². The van der Waals surface area contributed by atoms with Crippen LogP contribution in [0.15, 0.2) is 22.5 Å². The normalized spacial score (nSPS) is 11.7. The summed E-state index contributed by atoms with van der Waals surface area (Å²) >= 11 is 1.76. The Labute approximate surface area is 154 Å². The zero-order valence-corrected chi connectivity index (χ0v) is 16.9. The van der Waals surface area contributed by atoms with E-state index < -0.39 is 5.41 Å². The number of aliphatic imine (C=N–C) groups is 1. The van der Waals surface area contributed by atoms with Crippen molar-refractivity contribution in [2.75, 3.05) is 26.7 Å². The van der Waals surface area contributed by atoms with Crippen LogP contribution in [0, 0.1) is 5.41 Å². The number of halogens is 1. The van der Waals surface area contributed by atoms with E-state index in [1.165, 1.54) is 4.88 Å². The molecule has 0 aliphatic carbocycles. The number of hydrogen-bond donors (Lipinski definition) is 2. The minimum absolute atomic E-state index is 0. The molecule has 0 unspecified atom stereocenters. The van der Waals surface area contributed by atoms with Crippen LogP contribution in [0.4, 0.5) is 0 Å². The lowest BCUT2D eigenvalue weighted by Gasteiger charge is -2.24. The summed E-state index contributed by atoms with van der Waals surface area (Å²) in [5.41, 5.74) is 4.76.